The van der Waals surface area contributed by atoms with Gasteiger partial charge in [0, 0.05) is 23.2 Å². The van der Waals surface area contributed by atoms with Gasteiger partial charge in [-0.25, -0.2) is 9.67 Å². The third-order valence-electron chi connectivity index (χ3n) is 6.68. The zero-order chi connectivity index (χ0) is 22.4. The summed E-state index contributed by atoms with van der Waals surface area (Å²) in [5.41, 5.74) is 3.02. The van der Waals surface area contributed by atoms with Crippen molar-refractivity contribution in [2.24, 2.45) is 0 Å². The number of rotatable bonds is 4. The lowest BCUT2D eigenvalue weighted by atomic mass is 9.95. The van der Waals surface area contributed by atoms with E-state index in [0.29, 0.717) is 11.4 Å². The van der Waals surface area contributed by atoms with Crippen LogP contribution in [0.5, 0.6) is 0 Å². The molecule has 2 saturated heterocycles. The molecule has 0 aliphatic carbocycles. The van der Waals surface area contributed by atoms with Gasteiger partial charge in [0.15, 0.2) is 12.0 Å². The number of amides is 1. The van der Waals surface area contributed by atoms with Crippen molar-refractivity contribution < 1.29 is 4.79 Å². The van der Waals surface area contributed by atoms with Crippen molar-refractivity contribution in [2.75, 3.05) is 0 Å². The molecule has 0 saturated carbocycles. The summed E-state index contributed by atoms with van der Waals surface area (Å²) in [5.74, 6) is 0.569. The predicted octanol–water partition coefficient (Wildman–Crippen LogP) is 3.30. The number of pyridine rings is 2. The van der Waals surface area contributed by atoms with Crippen LogP contribution in [0, 0.1) is 11.5 Å². The molecule has 3 aromatic heterocycles. The SMILES string of the molecule is N#CN1[C@H]2CC[C@@H]1[C@H](NC(=O)c1ccc3c(cnn3-c3cccc(-c4ccccn4)n3)c1)C2. The second-order valence-electron chi connectivity index (χ2n) is 8.55. The van der Waals surface area contributed by atoms with Crippen molar-refractivity contribution in [3.8, 4) is 23.4 Å². The molecule has 33 heavy (non-hydrogen) atoms. The number of hydrogen-bond acceptors (Lipinski definition) is 6. The van der Waals surface area contributed by atoms with Crippen molar-refractivity contribution in [1.82, 2.24) is 30.0 Å². The number of carbonyl (C=O) groups excluding carboxylic acids is 1. The van der Waals surface area contributed by atoms with E-state index in [1.165, 1.54) is 0 Å². The quantitative estimate of drug-likeness (QED) is 0.494. The Hall–Kier alpha value is -4.25. The van der Waals surface area contributed by atoms with Crippen LogP contribution in [0.3, 0.4) is 0 Å². The van der Waals surface area contributed by atoms with E-state index in [1.807, 2.05) is 59.5 Å². The Morgan fingerprint density at radius 1 is 1.09 bits per heavy atom. The topological polar surface area (TPSA) is 99.7 Å². The second-order valence-corrected chi connectivity index (χ2v) is 8.55. The van der Waals surface area contributed by atoms with Crippen LogP contribution < -0.4 is 5.32 Å². The molecule has 2 fully saturated rings. The highest BCUT2D eigenvalue weighted by Gasteiger charge is 2.46. The van der Waals surface area contributed by atoms with Crippen LogP contribution >= 0.6 is 0 Å². The second kappa shape index (κ2) is 7.71. The van der Waals surface area contributed by atoms with Gasteiger partial charge in [0.25, 0.3) is 5.91 Å². The first kappa shape index (κ1) is 19.4. The summed E-state index contributed by atoms with van der Waals surface area (Å²) in [6, 6.07) is 17.4. The van der Waals surface area contributed by atoms with Crippen LogP contribution in [-0.4, -0.2) is 48.7 Å². The fourth-order valence-electron chi connectivity index (χ4n) is 5.11. The average Bonchev–Trinajstić information content (AvgIpc) is 3.56. The van der Waals surface area contributed by atoms with Gasteiger partial charge in [0.1, 0.15) is 0 Å². The van der Waals surface area contributed by atoms with Gasteiger partial charge in [0.05, 0.1) is 35.2 Å². The van der Waals surface area contributed by atoms with Gasteiger partial charge in [0.2, 0.25) is 0 Å². The number of nitriles is 1. The first-order valence-corrected chi connectivity index (χ1v) is 11.1. The summed E-state index contributed by atoms with van der Waals surface area (Å²) < 4.78 is 1.77. The minimum absolute atomic E-state index is 0.0212. The predicted molar refractivity (Wildman–Crippen MR) is 122 cm³/mol. The van der Waals surface area contributed by atoms with Crippen molar-refractivity contribution in [2.45, 2.75) is 37.4 Å². The van der Waals surface area contributed by atoms with Crippen molar-refractivity contribution in [3.05, 3.63) is 72.6 Å². The molecule has 3 atom stereocenters. The van der Waals surface area contributed by atoms with Crippen molar-refractivity contribution in [1.29, 1.82) is 5.26 Å². The minimum atomic E-state index is -0.115. The Morgan fingerprint density at radius 2 is 2.00 bits per heavy atom. The van der Waals surface area contributed by atoms with Gasteiger partial charge in [-0.1, -0.05) is 12.1 Å². The Labute approximate surface area is 190 Å². The lowest BCUT2D eigenvalue weighted by molar-refractivity contribution is 0.0928. The lowest BCUT2D eigenvalue weighted by Gasteiger charge is -2.21. The molecule has 162 valence electrons. The van der Waals surface area contributed by atoms with Crippen LogP contribution in [-0.2, 0) is 0 Å². The zero-order valence-electron chi connectivity index (χ0n) is 17.8. The first-order chi connectivity index (χ1) is 16.2. The Balaban J connectivity index is 1.25. The van der Waals surface area contributed by atoms with E-state index >= 15 is 0 Å². The molecule has 1 amide bonds. The van der Waals surface area contributed by atoms with Crippen LogP contribution in [0.2, 0.25) is 0 Å². The van der Waals surface area contributed by atoms with Gasteiger partial charge in [-0.15, -0.1) is 0 Å². The Kier molecular flexibility index (Phi) is 4.54. The van der Waals surface area contributed by atoms with Crippen LogP contribution in [0.25, 0.3) is 28.1 Å². The van der Waals surface area contributed by atoms with Gasteiger partial charge in [-0.05, 0) is 61.7 Å². The van der Waals surface area contributed by atoms with E-state index in [-0.39, 0.29) is 24.0 Å². The monoisotopic (exact) mass is 435 g/mol. The molecule has 2 bridgehead atoms. The fraction of sp³-hybridized carbons (Fsp3) is 0.240. The number of nitrogens with zero attached hydrogens (tertiary/aromatic N) is 6. The molecule has 0 unspecified atom stereocenters. The van der Waals surface area contributed by atoms with E-state index in [2.05, 4.69) is 21.6 Å². The zero-order valence-corrected chi connectivity index (χ0v) is 17.8. The molecular formula is C25H21N7O. The van der Waals surface area contributed by atoms with Gasteiger partial charge in [-0.2, -0.15) is 10.4 Å². The van der Waals surface area contributed by atoms with E-state index in [0.717, 1.165) is 41.6 Å². The first-order valence-electron chi connectivity index (χ1n) is 11.1. The van der Waals surface area contributed by atoms with Gasteiger partial charge < -0.3 is 10.2 Å². The molecule has 0 spiro atoms. The average molecular weight is 435 g/mol. The van der Waals surface area contributed by atoms with Crippen LogP contribution in [0.1, 0.15) is 29.6 Å². The summed E-state index contributed by atoms with van der Waals surface area (Å²) in [6.07, 6.45) is 8.60. The molecule has 5 heterocycles. The lowest BCUT2D eigenvalue weighted by Crippen LogP contribution is -2.43. The summed E-state index contributed by atoms with van der Waals surface area (Å²) in [5, 5.41) is 17.9. The van der Waals surface area contributed by atoms with E-state index < -0.39 is 0 Å². The molecule has 1 aromatic carbocycles. The summed E-state index contributed by atoms with van der Waals surface area (Å²) in [6.45, 7) is 0. The molecule has 2 aliphatic heterocycles. The maximum absolute atomic E-state index is 12.9. The van der Waals surface area contributed by atoms with Gasteiger partial charge in [-0.3, -0.25) is 9.78 Å². The molecule has 0 radical (unpaired) electrons. The van der Waals surface area contributed by atoms with E-state index in [1.54, 1.807) is 17.1 Å². The smallest absolute Gasteiger partial charge is 0.251 e. The minimum Gasteiger partial charge on any atom is -0.347 e. The number of benzene rings is 1. The van der Waals surface area contributed by atoms with Gasteiger partial charge >= 0.3 is 0 Å². The van der Waals surface area contributed by atoms with E-state index in [4.69, 9.17) is 4.98 Å². The third kappa shape index (κ3) is 3.29. The third-order valence-corrected chi connectivity index (χ3v) is 6.68. The largest absolute Gasteiger partial charge is 0.347 e. The van der Waals surface area contributed by atoms with Crippen molar-refractivity contribution >= 4 is 16.8 Å². The number of aromatic nitrogens is 4. The summed E-state index contributed by atoms with van der Waals surface area (Å²) >= 11 is 0. The van der Waals surface area contributed by atoms with E-state index in [9.17, 15) is 10.1 Å². The molecule has 4 aromatic rings. The normalized spacial score (nSPS) is 21.3. The molecule has 8 heteroatoms. The highest BCUT2D eigenvalue weighted by Crippen LogP contribution is 2.37. The molecule has 6 rings (SSSR count). The number of nitrogens with one attached hydrogen (secondary N) is 1. The van der Waals surface area contributed by atoms with Crippen LogP contribution in [0.15, 0.2) is 67.0 Å². The number of fused-ring (bicyclic) bond motifs is 3. The molecule has 8 nitrogen and oxygen atoms in total. The maximum Gasteiger partial charge on any atom is 0.251 e. The fourth-order valence-corrected chi connectivity index (χ4v) is 5.11. The molecule has 2 aliphatic rings. The number of hydrogen-bond donors (Lipinski definition) is 1. The summed E-state index contributed by atoms with van der Waals surface area (Å²) in [7, 11) is 0. The highest BCUT2D eigenvalue weighted by molar-refractivity contribution is 5.98. The van der Waals surface area contributed by atoms with Crippen molar-refractivity contribution in [3.63, 3.8) is 0 Å². The number of carbonyl (C=O) groups is 1. The molecule has 1 N–H and O–H groups in total. The Morgan fingerprint density at radius 3 is 2.82 bits per heavy atom. The van der Waals surface area contributed by atoms with Crippen LogP contribution in [0.4, 0.5) is 0 Å². The standard InChI is InChI=1S/C25H21N7O/c26-15-31-18-8-10-23(31)21(13-18)30-25(33)16-7-9-22-17(12-16)14-28-32(22)24-6-3-5-20(29-24)19-4-1-2-11-27-19/h1-7,9,11-12,14,18,21,23H,8,10,13H2,(H,30,33)/t18-,21+,23+/m0/s1. The molecular weight excluding hydrogens is 414 g/mol. The highest BCUT2D eigenvalue weighted by atomic mass is 16.1. The maximum atomic E-state index is 12.9. The Bertz CT molecular complexity index is 1390. The summed E-state index contributed by atoms with van der Waals surface area (Å²) in [4.78, 5) is 23.9.